The van der Waals surface area contributed by atoms with E-state index in [1.165, 1.54) is 17.7 Å². The minimum atomic E-state index is -0.323. The van der Waals surface area contributed by atoms with E-state index in [0.717, 1.165) is 35.6 Å². The molecule has 2 heterocycles. The summed E-state index contributed by atoms with van der Waals surface area (Å²) in [7, 11) is 1.66. The number of ketones is 1. The number of hydrogen-bond acceptors (Lipinski definition) is 5. The van der Waals surface area contributed by atoms with E-state index >= 15 is 0 Å². The molecule has 5 nitrogen and oxygen atoms in total. The van der Waals surface area contributed by atoms with Gasteiger partial charge in [-0.25, -0.2) is 4.39 Å². The van der Waals surface area contributed by atoms with Crippen molar-refractivity contribution in [1.82, 2.24) is 4.90 Å². The Morgan fingerprint density at radius 2 is 1.88 bits per heavy atom. The maximum Gasteiger partial charge on any atom is 0.232 e. The topological polar surface area (TPSA) is 48.0 Å². The van der Waals surface area contributed by atoms with Crippen LogP contribution < -0.4 is 14.2 Å². The first kappa shape index (κ1) is 21.2. The van der Waals surface area contributed by atoms with Crippen molar-refractivity contribution < 1.29 is 23.4 Å². The molecule has 0 amide bonds. The number of aryl methyl sites for hydroxylation is 1. The van der Waals surface area contributed by atoms with Gasteiger partial charge in [0.25, 0.3) is 0 Å². The smallest absolute Gasteiger partial charge is 0.232 e. The van der Waals surface area contributed by atoms with Crippen molar-refractivity contribution in [3.05, 3.63) is 94.0 Å². The van der Waals surface area contributed by atoms with Gasteiger partial charge in [-0.05, 0) is 66.4 Å². The molecule has 0 radical (unpaired) electrons. The van der Waals surface area contributed by atoms with E-state index in [4.69, 9.17) is 14.2 Å². The highest BCUT2D eigenvalue weighted by atomic mass is 19.1. The van der Waals surface area contributed by atoms with Gasteiger partial charge in [-0.1, -0.05) is 24.3 Å². The number of halogens is 1. The van der Waals surface area contributed by atoms with Crippen LogP contribution in [0.3, 0.4) is 0 Å². The highest BCUT2D eigenvalue weighted by molar-refractivity contribution is 6.15. The van der Waals surface area contributed by atoms with E-state index in [0.29, 0.717) is 30.2 Å². The van der Waals surface area contributed by atoms with Crippen LogP contribution in [-0.4, -0.2) is 31.1 Å². The zero-order valence-corrected chi connectivity index (χ0v) is 18.6. The molecule has 0 fully saturated rings. The van der Waals surface area contributed by atoms with Crippen molar-refractivity contribution in [1.29, 1.82) is 0 Å². The zero-order chi connectivity index (χ0) is 22.9. The Balaban J connectivity index is 1.36. The summed E-state index contributed by atoms with van der Waals surface area (Å²) in [6.07, 6.45) is 2.52. The minimum Gasteiger partial charge on any atom is -0.497 e. The van der Waals surface area contributed by atoms with E-state index in [9.17, 15) is 9.18 Å². The minimum absolute atomic E-state index is 0.162. The second-order valence-corrected chi connectivity index (χ2v) is 8.29. The van der Waals surface area contributed by atoms with Crippen LogP contribution in [0.25, 0.3) is 6.08 Å². The number of ether oxygens (including phenoxy) is 3. The summed E-state index contributed by atoms with van der Waals surface area (Å²) >= 11 is 0. The molecule has 0 atom stereocenters. The monoisotopic (exact) mass is 445 g/mol. The first-order valence-corrected chi connectivity index (χ1v) is 10.9. The first-order chi connectivity index (χ1) is 16.0. The number of Topliss-reactive ketones (excluding diaryl/α,β-unsaturated/α-hetero) is 1. The van der Waals surface area contributed by atoms with E-state index in [2.05, 4.69) is 17.0 Å². The number of rotatable bonds is 5. The van der Waals surface area contributed by atoms with Gasteiger partial charge in [-0.15, -0.1) is 0 Å². The Bertz CT molecular complexity index is 1230. The third-order valence-corrected chi connectivity index (χ3v) is 6.03. The average molecular weight is 445 g/mol. The molecule has 2 aliphatic rings. The Kier molecular flexibility index (Phi) is 5.60. The molecule has 2 aliphatic heterocycles. The Morgan fingerprint density at radius 3 is 2.61 bits per heavy atom. The number of carbonyl (C=O) groups excluding carboxylic acids is 1. The average Bonchev–Trinajstić information content (AvgIpc) is 3.16. The SMILES string of the molecule is COc1ccc(CCN2COc3cc(C)c4c(c3C2)O/C(=C/c2ccc(F)cc2)C4=O)cc1. The van der Waals surface area contributed by atoms with Crippen molar-refractivity contribution in [3.63, 3.8) is 0 Å². The number of hydrogen-bond donors (Lipinski definition) is 0. The molecule has 3 aromatic carbocycles. The molecule has 0 saturated carbocycles. The lowest BCUT2D eigenvalue weighted by molar-refractivity contribution is 0.0949. The van der Waals surface area contributed by atoms with Gasteiger partial charge in [0.15, 0.2) is 5.76 Å². The van der Waals surface area contributed by atoms with Gasteiger partial charge in [0.1, 0.15) is 29.8 Å². The van der Waals surface area contributed by atoms with Crippen LogP contribution in [0.4, 0.5) is 4.39 Å². The molecule has 168 valence electrons. The fraction of sp³-hybridized carbons (Fsp3) is 0.222. The summed E-state index contributed by atoms with van der Waals surface area (Å²) in [5, 5.41) is 0. The van der Waals surface area contributed by atoms with Crippen LogP contribution in [0.1, 0.15) is 32.6 Å². The van der Waals surface area contributed by atoms with Gasteiger partial charge < -0.3 is 14.2 Å². The summed E-state index contributed by atoms with van der Waals surface area (Å²) in [5.74, 6) is 1.91. The van der Waals surface area contributed by atoms with Crippen LogP contribution in [0, 0.1) is 12.7 Å². The summed E-state index contributed by atoms with van der Waals surface area (Å²) in [6.45, 7) is 3.81. The molecule has 0 spiro atoms. The first-order valence-electron chi connectivity index (χ1n) is 10.9. The molecule has 0 N–H and O–H groups in total. The third kappa shape index (κ3) is 4.22. The lowest BCUT2D eigenvalue weighted by atomic mass is 9.98. The molecule has 5 rings (SSSR count). The molecular formula is C27H24FNO4. The van der Waals surface area contributed by atoms with E-state index in [1.807, 2.05) is 25.1 Å². The summed E-state index contributed by atoms with van der Waals surface area (Å²) in [6, 6.07) is 15.9. The Morgan fingerprint density at radius 1 is 1.12 bits per heavy atom. The normalized spacial score (nSPS) is 16.2. The number of fused-ring (bicyclic) bond motifs is 3. The molecule has 6 heteroatoms. The fourth-order valence-electron chi connectivity index (χ4n) is 4.21. The lowest BCUT2D eigenvalue weighted by Gasteiger charge is -2.30. The maximum atomic E-state index is 13.2. The van der Waals surface area contributed by atoms with Gasteiger partial charge in [-0.2, -0.15) is 0 Å². The lowest BCUT2D eigenvalue weighted by Crippen LogP contribution is -2.33. The molecular weight excluding hydrogens is 421 g/mol. The van der Waals surface area contributed by atoms with Crippen molar-refractivity contribution in [3.8, 4) is 17.2 Å². The number of carbonyl (C=O) groups is 1. The van der Waals surface area contributed by atoms with E-state index in [-0.39, 0.29) is 17.4 Å². The largest absolute Gasteiger partial charge is 0.497 e. The molecule has 0 bridgehead atoms. The van der Waals surface area contributed by atoms with Crippen molar-refractivity contribution >= 4 is 11.9 Å². The summed E-state index contributed by atoms with van der Waals surface area (Å²) in [4.78, 5) is 15.3. The number of allylic oxidation sites excluding steroid dienone is 1. The highest BCUT2D eigenvalue weighted by Gasteiger charge is 2.35. The van der Waals surface area contributed by atoms with Crippen LogP contribution in [0.15, 0.2) is 60.4 Å². The van der Waals surface area contributed by atoms with Gasteiger partial charge in [-0.3, -0.25) is 9.69 Å². The number of methoxy groups -OCH3 is 1. The third-order valence-electron chi connectivity index (χ3n) is 6.03. The zero-order valence-electron chi connectivity index (χ0n) is 18.6. The van der Waals surface area contributed by atoms with Crippen molar-refractivity contribution in [2.24, 2.45) is 0 Å². The molecule has 0 aromatic heterocycles. The quantitative estimate of drug-likeness (QED) is 0.508. The van der Waals surface area contributed by atoms with Crippen LogP contribution >= 0.6 is 0 Å². The summed E-state index contributed by atoms with van der Waals surface area (Å²) < 4.78 is 30.5. The molecule has 3 aromatic rings. The predicted molar refractivity (Wildman–Crippen MR) is 123 cm³/mol. The van der Waals surface area contributed by atoms with E-state index < -0.39 is 0 Å². The standard InChI is InChI=1S/C27H24FNO4/c1-17-13-23-22(15-29(16-32-23)12-11-18-5-9-21(31-2)10-6-18)27-25(17)26(30)24(33-27)14-19-3-7-20(28)8-4-19/h3-10,13-14H,11-12,15-16H2,1-2H3/b24-14+. The highest BCUT2D eigenvalue weighted by Crippen LogP contribution is 2.44. The maximum absolute atomic E-state index is 13.2. The molecule has 0 unspecified atom stereocenters. The molecule has 33 heavy (non-hydrogen) atoms. The number of benzene rings is 3. The van der Waals surface area contributed by atoms with Gasteiger partial charge in [0, 0.05) is 13.1 Å². The van der Waals surface area contributed by atoms with Crippen LogP contribution in [-0.2, 0) is 13.0 Å². The van der Waals surface area contributed by atoms with Crippen molar-refractivity contribution in [2.45, 2.75) is 19.9 Å². The van der Waals surface area contributed by atoms with Gasteiger partial charge in [0.2, 0.25) is 5.78 Å². The van der Waals surface area contributed by atoms with Crippen LogP contribution in [0.2, 0.25) is 0 Å². The second kappa shape index (κ2) is 8.71. The summed E-state index contributed by atoms with van der Waals surface area (Å²) in [5.41, 5.74) is 4.20. The second-order valence-electron chi connectivity index (χ2n) is 8.29. The van der Waals surface area contributed by atoms with Crippen LogP contribution in [0.5, 0.6) is 17.2 Å². The Labute approximate surface area is 192 Å². The van der Waals surface area contributed by atoms with Gasteiger partial charge in [0.05, 0.1) is 18.2 Å². The fourth-order valence-corrected chi connectivity index (χ4v) is 4.21. The Hall–Kier alpha value is -3.64. The predicted octanol–water partition coefficient (Wildman–Crippen LogP) is 5.15. The van der Waals surface area contributed by atoms with Crippen molar-refractivity contribution in [2.75, 3.05) is 20.4 Å². The van der Waals surface area contributed by atoms with Gasteiger partial charge >= 0.3 is 0 Å². The molecule has 0 aliphatic carbocycles. The number of nitrogens with zero attached hydrogens (tertiary/aromatic N) is 1. The molecule has 0 saturated heterocycles. The van der Waals surface area contributed by atoms with E-state index in [1.54, 1.807) is 25.3 Å².